The van der Waals surface area contributed by atoms with E-state index < -0.39 is 0 Å². The molecule has 5 nitrogen and oxygen atoms in total. The van der Waals surface area contributed by atoms with Crippen molar-refractivity contribution in [2.24, 2.45) is 5.73 Å². The fraction of sp³-hybridized carbons (Fsp3) is 0.600. The maximum atomic E-state index is 11.6. The number of methoxy groups -OCH3 is 1. The Balaban J connectivity index is 2.24. The predicted molar refractivity (Wildman–Crippen MR) is 63.4 cm³/mol. The number of carbonyl (C=O) groups is 1. The molecule has 90 valence electrons. The van der Waals surface area contributed by atoms with E-state index in [0.717, 1.165) is 24.5 Å². The molecule has 16 heavy (non-hydrogen) atoms. The zero-order valence-corrected chi connectivity index (χ0v) is 10.2. The van der Waals surface area contributed by atoms with Crippen LogP contribution in [0.5, 0.6) is 0 Å². The van der Waals surface area contributed by atoms with Crippen molar-refractivity contribution in [3.05, 3.63) is 16.1 Å². The van der Waals surface area contributed by atoms with Gasteiger partial charge in [-0.3, -0.25) is 4.79 Å². The highest BCUT2D eigenvalue weighted by atomic mass is 32.1. The van der Waals surface area contributed by atoms with Crippen molar-refractivity contribution >= 4 is 17.2 Å². The summed E-state index contributed by atoms with van der Waals surface area (Å²) in [4.78, 5) is 15.7. The molecule has 0 aromatic carbocycles. The van der Waals surface area contributed by atoms with E-state index in [0.29, 0.717) is 18.8 Å². The van der Waals surface area contributed by atoms with Gasteiger partial charge in [0, 0.05) is 32.2 Å². The zero-order chi connectivity index (χ0) is 11.8. The molecule has 0 saturated carbocycles. The molecule has 0 aliphatic rings. The monoisotopic (exact) mass is 243 g/mol. The molecule has 3 N–H and O–H groups in total. The topological polar surface area (TPSA) is 77.2 Å². The minimum atomic E-state index is -0.131. The molecule has 0 atom stereocenters. The second kappa shape index (κ2) is 7.32. The van der Waals surface area contributed by atoms with Crippen LogP contribution in [-0.4, -0.2) is 31.2 Å². The summed E-state index contributed by atoms with van der Waals surface area (Å²) in [6, 6.07) is 0. The lowest BCUT2D eigenvalue weighted by Gasteiger charge is -2.02. The molecular weight excluding hydrogens is 226 g/mol. The molecule has 6 heteroatoms. The number of hydrogen-bond donors (Lipinski definition) is 2. The Kier molecular flexibility index (Phi) is 5.99. The second-order valence-electron chi connectivity index (χ2n) is 3.29. The van der Waals surface area contributed by atoms with Crippen LogP contribution in [0, 0.1) is 0 Å². The fourth-order valence-corrected chi connectivity index (χ4v) is 1.83. The van der Waals surface area contributed by atoms with Crippen LogP contribution in [-0.2, 0) is 11.3 Å². The average Bonchev–Trinajstić information content (AvgIpc) is 2.77. The van der Waals surface area contributed by atoms with Gasteiger partial charge in [-0.05, 0) is 12.8 Å². The van der Waals surface area contributed by atoms with Gasteiger partial charge in [0.15, 0.2) is 0 Å². The summed E-state index contributed by atoms with van der Waals surface area (Å²) in [6.45, 7) is 1.76. The van der Waals surface area contributed by atoms with Crippen LogP contribution >= 0.6 is 11.3 Å². The number of nitrogens with one attached hydrogen (secondary N) is 1. The van der Waals surface area contributed by atoms with Crippen LogP contribution in [0.2, 0.25) is 0 Å². The van der Waals surface area contributed by atoms with E-state index in [2.05, 4.69) is 10.3 Å². The van der Waals surface area contributed by atoms with E-state index in [1.54, 1.807) is 12.5 Å². The maximum absolute atomic E-state index is 11.6. The van der Waals surface area contributed by atoms with Crippen molar-refractivity contribution in [2.45, 2.75) is 19.4 Å². The van der Waals surface area contributed by atoms with Crippen LogP contribution in [0.15, 0.2) is 5.38 Å². The van der Waals surface area contributed by atoms with Crippen LogP contribution < -0.4 is 11.1 Å². The van der Waals surface area contributed by atoms with Crippen LogP contribution in [0.1, 0.15) is 28.3 Å². The van der Waals surface area contributed by atoms with Crippen LogP contribution in [0.4, 0.5) is 0 Å². The van der Waals surface area contributed by atoms with Gasteiger partial charge < -0.3 is 15.8 Å². The molecule has 1 amide bonds. The van der Waals surface area contributed by atoms with E-state index in [4.69, 9.17) is 10.5 Å². The van der Waals surface area contributed by atoms with Gasteiger partial charge in [0.1, 0.15) is 10.7 Å². The molecule has 0 fully saturated rings. The Morgan fingerprint density at radius 2 is 2.44 bits per heavy atom. The van der Waals surface area contributed by atoms with E-state index >= 15 is 0 Å². The first-order valence-electron chi connectivity index (χ1n) is 5.19. The molecule has 0 unspecified atom stereocenters. The lowest BCUT2D eigenvalue weighted by atomic mass is 10.3. The Hall–Kier alpha value is -0.980. The molecule has 1 aromatic heterocycles. The third-order valence-corrected chi connectivity index (χ3v) is 2.89. The molecule has 0 spiro atoms. The SMILES string of the molecule is COCCCCNC(=O)c1csc(CN)n1. The number of amides is 1. The molecule has 0 bridgehead atoms. The summed E-state index contributed by atoms with van der Waals surface area (Å²) in [7, 11) is 1.67. The Labute approximate surface area is 99.0 Å². The molecule has 0 aliphatic carbocycles. The van der Waals surface area contributed by atoms with Gasteiger partial charge in [0.05, 0.1) is 0 Å². The van der Waals surface area contributed by atoms with Gasteiger partial charge in [-0.25, -0.2) is 4.98 Å². The average molecular weight is 243 g/mol. The fourth-order valence-electron chi connectivity index (χ4n) is 1.17. The summed E-state index contributed by atoms with van der Waals surface area (Å²) in [5, 5.41) is 5.31. The van der Waals surface area contributed by atoms with Gasteiger partial charge in [-0.1, -0.05) is 0 Å². The highest BCUT2D eigenvalue weighted by molar-refractivity contribution is 7.09. The molecule has 0 saturated heterocycles. The van der Waals surface area contributed by atoms with Crippen molar-refractivity contribution in [3.63, 3.8) is 0 Å². The van der Waals surface area contributed by atoms with Gasteiger partial charge in [-0.2, -0.15) is 0 Å². The number of nitrogens with two attached hydrogens (primary N) is 1. The van der Waals surface area contributed by atoms with Gasteiger partial charge >= 0.3 is 0 Å². The first kappa shape index (κ1) is 13.1. The van der Waals surface area contributed by atoms with Gasteiger partial charge in [0.2, 0.25) is 0 Å². The lowest BCUT2D eigenvalue weighted by Crippen LogP contribution is -2.25. The molecule has 1 heterocycles. The Bertz CT molecular complexity index is 328. The number of thiazole rings is 1. The highest BCUT2D eigenvalue weighted by Gasteiger charge is 2.08. The number of rotatable bonds is 7. The van der Waals surface area contributed by atoms with Crippen molar-refractivity contribution in [1.82, 2.24) is 10.3 Å². The van der Waals surface area contributed by atoms with E-state index in [1.165, 1.54) is 11.3 Å². The minimum absolute atomic E-state index is 0.131. The summed E-state index contributed by atoms with van der Waals surface area (Å²) in [5.41, 5.74) is 5.88. The van der Waals surface area contributed by atoms with Crippen molar-refractivity contribution in [1.29, 1.82) is 0 Å². The number of aromatic nitrogens is 1. The van der Waals surface area contributed by atoms with E-state index in [9.17, 15) is 4.79 Å². The number of nitrogens with zero attached hydrogens (tertiary/aromatic N) is 1. The third-order valence-electron chi connectivity index (χ3n) is 2.02. The van der Waals surface area contributed by atoms with Crippen LogP contribution in [0.3, 0.4) is 0 Å². The van der Waals surface area contributed by atoms with Crippen LogP contribution in [0.25, 0.3) is 0 Å². The molecule has 0 aliphatic heterocycles. The van der Waals surface area contributed by atoms with E-state index in [1.807, 2.05) is 0 Å². The summed E-state index contributed by atoms with van der Waals surface area (Å²) in [6.07, 6.45) is 1.86. The number of ether oxygens (including phenoxy) is 1. The quantitative estimate of drug-likeness (QED) is 0.693. The highest BCUT2D eigenvalue weighted by Crippen LogP contribution is 2.08. The van der Waals surface area contributed by atoms with Crippen molar-refractivity contribution in [2.75, 3.05) is 20.3 Å². The van der Waals surface area contributed by atoms with Crippen molar-refractivity contribution in [3.8, 4) is 0 Å². The summed E-state index contributed by atoms with van der Waals surface area (Å²) < 4.78 is 4.91. The van der Waals surface area contributed by atoms with E-state index in [-0.39, 0.29) is 5.91 Å². The predicted octanol–water partition coefficient (Wildman–Crippen LogP) is 0.758. The first-order valence-corrected chi connectivity index (χ1v) is 6.07. The third kappa shape index (κ3) is 4.26. The largest absolute Gasteiger partial charge is 0.385 e. The zero-order valence-electron chi connectivity index (χ0n) is 9.36. The second-order valence-corrected chi connectivity index (χ2v) is 4.23. The van der Waals surface area contributed by atoms with Gasteiger partial charge in [-0.15, -0.1) is 11.3 Å². The minimum Gasteiger partial charge on any atom is -0.385 e. The van der Waals surface area contributed by atoms with Crippen molar-refractivity contribution < 1.29 is 9.53 Å². The Morgan fingerprint density at radius 3 is 3.06 bits per heavy atom. The summed E-state index contributed by atoms with van der Waals surface area (Å²) in [5.74, 6) is -0.131. The normalized spacial score (nSPS) is 10.4. The number of hydrogen-bond acceptors (Lipinski definition) is 5. The maximum Gasteiger partial charge on any atom is 0.270 e. The summed E-state index contributed by atoms with van der Waals surface area (Å²) >= 11 is 1.41. The molecule has 1 rings (SSSR count). The lowest BCUT2D eigenvalue weighted by molar-refractivity contribution is 0.0947. The molecule has 0 radical (unpaired) electrons. The smallest absolute Gasteiger partial charge is 0.270 e. The number of carbonyl (C=O) groups excluding carboxylic acids is 1. The Morgan fingerprint density at radius 1 is 1.62 bits per heavy atom. The number of unbranched alkanes of at least 4 members (excludes halogenated alkanes) is 1. The molecule has 1 aromatic rings. The van der Waals surface area contributed by atoms with Gasteiger partial charge in [0.25, 0.3) is 5.91 Å². The standard InChI is InChI=1S/C10H17N3O2S/c1-15-5-3-2-4-12-10(14)8-7-16-9(6-11)13-8/h7H,2-6,11H2,1H3,(H,12,14). The molecular formula is C10H17N3O2S. The first-order chi connectivity index (χ1) is 7.77.